The number of unbranched alkanes of at least 4 members (excludes halogenated alkanes) is 2. The highest BCUT2D eigenvalue weighted by molar-refractivity contribution is 5.87. The van der Waals surface area contributed by atoms with Gasteiger partial charge in [-0.1, -0.05) is 86.8 Å². The molecule has 1 heterocycles. The molecular weight excluding hydrogens is 404 g/mol. The molecule has 1 aliphatic rings. The van der Waals surface area contributed by atoms with Crippen LogP contribution in [0.3, 0.4) is 0 Å². The van der Waals surface area contributed by atoms with Gasteiger partial charge in [0.25, 0.3) is 0 Å². The Kier molecular flexibility index (Phi) is 8.68. The monoisotopic (exact) mass is 438 g/mol. The third-order valence-electron chi connectivity index (χ3n) is 6.14. The summed E-state index contributed by atoms with van der Waals surface area (Å²) in [5, 5.41) is 10.6. The van der Waals surface area contributed by atoms with Gasteiger partial charge in [0.1, 0.15) is 12.6 Å². The van der Waals surface area contributed by atoms with E-state index in [4.69, 9.17) is 4.74 Å². The Balaban J connectivity index is 1.72. The Morgan fingerprint density at radius 2 is 1.75 bits per heavy atom. The van der Waals surface area contributed by atoms with Crippen molar-refractivity contribution in [2.45, 2.75) is 63.8 Å². The lowest BCUT2D eigenvalue weighted by atomic mass is 9.98. The molecule has 1 N–H and O–H groups in total. The first-order chi connectivity index (χ1) is 15.5. The first kappa shape index (κ1) is 23.8. The van der Waals surface area contributed by atoms with Crippen LogP contribution in [-0.2, 0) is 16.1 Å². The summed E-state index contributed by atoms with van der Waals surface area (Å²) >= 11 is 0. The van der Waals surface area contributed by atoms with Gasteiger partial charge in [0.05, 0.1) is 12.1 Å². The zero-order chi connectivity index (χ0) is 22.9. The number of aliphatic hydroxyl groups is 1. The van der Waals surface area contributed by atoms with Crippen LogP contribution in [0.25, 0.3) is 0 Å². The Morgan fingerprint density at radius 1 is 1.09 bits per heavy atom. The summed E-state index contributed by atoms with van der Waals surface area (Å²) in [5.74, 6) is -0.253. The number of aliphatic hydroxyl groups excluding tert-OH is 1. The second-order valence-corrected chi connectivity index (χ2v) is 8.41. The van der Waals surface area contributed by atoms with Gasteiger partial charge in [-0.25, -0.2) is 4.79 Å². The molecule has 2 aromatic rings. The topological polar surface area (TPSA) is 70.1 Å². The summed E-state index contributed by atoms with van der Waals surface area (Å²) in [4.78, 5) is 29.4. The summed E-state index contributed by atoms with van der Waals surface area (Å²) < 4.78 is 5.45. The van der Waals surface area contributed by atoms with Crippen LogP contribution in [0.1, 0.15) is 56.2 Å². The fraction of sp³-hybridized carbons (Fsp3) is 0.462. The van der Waals surface area contributed by atoms with Crippen LogP contribution in [0.2, 0.25) is 0 Å². The molecule has 6 heteroatoms. The molecular formula is C26H34N2O4. The molecule has 2 unspecified atom stereocenters. The predicted octanol–water partition coefficient (Wildman–Crippen LogP) is 4.54. The maximum Gasteiger partial charge on any atom is 0.410 e. The fourth-order valence-electron chi connectivity index (χ4n) is 4.29. The van der Waals surface area contributed by atoms with Crippen LogP contribution in [-0.4, -0.2) is 52.6 Å². The van der Waals surface area contributed by atoms with E-state index in [0.29, 0.717) is 13.0 Å². The molecule has 6 nitrogen and oxygen atoms in total. The van der Waals surface area contributed by atoms with Crippen molar-refractivity contribution in [2.75, 3.05) is 13.6 Å². The lowest BCUT2D eigenvalue weighted by Gasteiger charge is -2.34. The van der Waals surface area contributed by atoms with Crippen molar-refractivity contribution >= 4 is 12.0 Å². The van der Waals surface area contributed by atoms with Crippen molar-refractivity contribution in [2.24, 2.45) is 0 Å². The number of nitrogens with zero attached hydrogens (tertiary/aromatic N) is 2. The maximum atomic E-state index is 13.5. The smallest absolute Gasteiger partial charge is 0.410 e. The van der Waals surface area contributed by atoms with Gasteiger partial charge in [-0.15, -0.1) is 0 Å². The van der Waals surface area contributed by atoms with E-state index in [1.54, 1.807) is 11.9 Å². The number of hydrogen-bond acceptors (Lipinski definition) is 4. The van der Waals surface area contributed by atoms with Gasteiger partial charge in [-0.05, 0) is 24.0 Å². The summed E-state index contributed by atoms with van der Waals surface area (Å²) in [6.07, 6.45) is 2.92. The Bertz CT molecular complexity index is 859. The molecule has 3 rings (SSSR count). The summed E-state index contributed by atoms with van der Waals surface area (Å²) in [5.41, 5.74) is 1.94. The Labute approximate surface area is 190 Å². The number of likely N-dealkylation sites (N-methyl/N-ethyl adjacent to an activating group) is 1. The van der Waals surface area contributed by atoms with Crippen molar-refractivity contribution in [1.29, 1.82) is 0 Å². The van der Waals surface area contributed by atoms with Crippen molar-refractivity contribution in [3.05, 3.63) is 71.8 Å². The molecule has 1 aliphatic heterocycles. The molecule has 172 valence electrons. The number of hydrogen-bond donors (Lipinski definition) is 1. The lowest BCUT2D eigenvalue weighted by molar-refractivity contribution is -0.139. The van der Waals surface area contributed by atoms with Gasteiger partial charge in [0.2, 0.25) is 5.91 Å². The molecule has 0 saturated carbocycles. The quantitative estimate of drug-likeness (QED) is 0.584. The number of carbonyl (C=O) groups excluding carboxylic acids is 2. The average molecular weight is 439 g/mol. The van der Waals surface area contributed by atoms with Crippen molar-refractivity contribution in [3.63, 3.8) is 0 Å². The lowest BCUT2D eigenvalue weighted by Crippen LogP contribution is -2.51. The van der Waals surface area contributed by atoms with Crippen LogP contribution < -0.4 is 0 Å². The summed E-state index contributed by atoms with van der Waals surface area (Å²) in [6, 6.07) is 18.3. The van der Waals surface area contributed by atoms with E-state index < -0.39 is 18.2 Å². The van der Waals surface area contributed by atoms with Gasteiger partial charge in [-0.3, -0.25) is 9.69 Å². The minimum Gasteiger partial charge on any atom is -0.445 e. The molecule has 0 aliphatic carbocycles. The Hall–Kier alpha value is -2.86. The molecule has 0 aromatic heterocycles. The third kappa shape index (κ3) is 5.88. The highest BCUT2D eigenvalue weighted by Gasteiger charge is 2.44. The number of amides is 2. The molecule has 3 atom stereocenters. The SMILES string of the molecule is CCCCCC(c1ccccc1)N(C)C(=O)[C@@H]1C(O)CCN1C(=O)OCc1ccccc1. The number of likely N-dealkylation sites (tertiary alicyclic amines) is 1. The van der Waals surface area contributed by atoms with Gasteiger partial charge >= 0.3 is 6.09 Å². The first-order valence-corrected chi connectivity index (χ1v) is 11.5. The van der Waals surface area contributed by atoms with Crippen LogP contribution in [0.15, 0.2) is 60.7 Å². The van der Waals surface area contributed by atoms with Crippen LogP contribution in [0, 0.1) is 0 Å². The highest BCUT2D eigenvalue weighted by atomic mass is 16.6. The largest absolute Gasteiger partial charge is 0.445 e. The van der Waals surface area contributed by atoms with Gasteiger partial charge in [0, 0.05) is 13.6 Å². The molecule has 1 saturated heterocycles. The second-order valence-electron chi connectivity index (χ2n) is 8.41. The minimum absolute atomic E-state index is 0.106. The predicted molar refractivity (Wildman–Crippen MR) is 124 cm³/mol. The number of rotatable bonds is 9. The van der Waals surface area contributed by atoms with Crippen LogP contribution >= 0.6 is 0 Å². The second kappa shape index (κ2) is 11.7. The molecule has 0 radical (unpaired) electrons. The minimum atomic E-state index is -0.930. The summed E-state index contributed by atoms with van der Waals surface area (Å²) in [7, 11) is 1.77. The van der Waals surface area contributed by atoms with E-state index in [9.17, 15) is 14.7 Å². The number of ether oxygens (including phenoxy) is 1. The fourth-order valence-corrected chi connectivity index (χ4v) is 4.29. The van der Waals surface area contributed by atoms with Crippen molar-refractivity contribution < 1.29 is 19.4 Å². The van der Waals surface area contributed by atoms with E-state index in [1.807, 2.05) is 60.7 Å². The average Bonchev–Trinajstić information content (AvgIpc) is 3.22. The van der Waals surface area contributed by atoms with E-state index >= 15 is 0 Å². The van der Waals surface area contributed by atoms with Crippen LogP contribution in [0.4, 0.5) is 4.79 Å². The number of benzene rings is 2. The normalized spacial score (nSPS) is 18.9. The summed E-state index contributed by atoms with van der Waals surface area (Å²) in [6.45, 7) is 2.58. The zero-order valence-corrected chi connectivity index (χ0v) is 19.0. The van der Waals surface area contributed by atoms with Gasteiger partial charge in [-0.2, -0.15) is 0 Å². The van der Waals surface area contributed by atoms with Crippen molar-refractivity contribution in [3.8, 4) is 0 Å². The maximum absolute atomic E-state index is 13.5. The van der Waals surface area contributed by atoms with Gasteiger partial charge < -0.3 is 14.7 Å². The Morgan fingerprint density at radius 3 is 2.41 bits per heavy atom. The molecule has 2 amide bonds. The highest BCUT2D eigenvalue weighted by Crippen LogP contribution is 2.29. The number of carbonyl (C=O) groups is 2. The molecule has 1 fully saturated rings. The first-order valence-electron chi connectivity index (χ1n) is 11.5. The van der Waals surface area contributed by atoms with E-state index in [1.165, 1.54) is 4.90 Å². The molecule has 0 spiro atoms. The molecule has 0 bridgehead atoms. The third-order valence-corrected chi connectivity index (χ3v) is 6.14. The van der Waals surface area contributed by atoms with Crippen LogP contribution in [0.5, 0.6) is 0 Å². The zero-order valence-electron chi connectivity index (χ0n) is 19.0. The molecule has 32 heavy (non-hydrogen) atoms. The standard InChI is InChI=1S/C26H34N2O4/c1-3-4-7-16-22(21-14-10-6-11-15-21)27(2)25(30)24-23(29)17-18-28(24)26(31)32-19-20-12-8-5-9-13-20/h5-6,8-15,22-24,29H,3-4,7,16-19H2,1-2H3/t22?,23?,24-/m0/s1. The van der Waals surface area contributed by atoms with Gasteiger partial charge in [0.15, 0.2) is 0 Å². The van der Waals surface area contributed by atoms with Crippen molar-refractivity contribution in [1.82, 2.24) is 9.80 Å². The van der Waals surface area contributed by atoms with E-state index in [-0.39, 0.29) is 18.6 Å². The molecule has 2 aromatic carbocycles. The van der Waals surface area contributed by atoms with E-state index in [2.05, 4.69) is 6.92 Å². The van der Waals surface area contributed by atoms with E-state index in [0.717, 1.165) is 36.8 Å².